The lowest BCUT2D eigenvalue weighted by Crippen LogP contribution is -2.24. The van der Waals surface area contributed by atoms with Crippen LogP contribution in [0, 0.1) is 17.0 Å². The second-order valence-corrected chi connectivity index (χ2v) is 7.06. The van der Waals surface area contributed by atoms with Crippen LogP contribution in [0.2, 0.25) is 0 Å². The Bertz CT molecular complexity index is 1030. The molecule has 0 bridgehead atoms. The Labute approximate surface area is 169 Å². The number of aryl methyl sites for hydroxylation is 1. The van der Waals surface area contributed by atoms with Crippen LogP contribution >= 0.6 is 15.9 Å². The van der Waals surface area contributed by atoms with E-state index in [1.165, 1.54) is 16.8 Å². The molecule has 1 amide bonds. The van der Waals surface area contributed by atoms with E-state index in [0.29, 0.717) is 5.75 Å². The molecule has 1 atom stereocenters. The van der Waals surface area contributed by atoms with Gasteiger partial charge in [-0.05, 0) is 41.4 Å². The number of carbonyl (C=O) groups is 1. The van der Waals surface area contributed by atoms with Crippen molar-refractivity contribution in [2.24, 2.45) is 0 Å². The molecule has 1 aromatic heterocycles. The van der Waals surface area contributed by atoms with Crippen LogP contribution in [0.15, 0.2) is 59.3 Å². The molecule has 2 aromatic carbocycles. The summed E-state index contributed by atoms with van der Waals surface area (Å²) in [5.74, 6) is 0.473. The minimum atomic E-state index is -0.605. The smallest absolute Gasteiger partial charge is 0.275 e. The minimum absolute atomic E-state index is 0.184. The van der Waals surface area contributed by atoms with Gasteiger partial charge in [-0.3, -0.25) is 19.6 Å². The number of aromatic nitrogens is 2. The van der Waals surface area contributed by atoms with E-state index in [1.54, 1.807) is 31.5 Å². The minimum Gasteiger partial charge on any atom is -0.457 e. The number of hydrogen-bond donors (Lipinski definition) is 1. The zero-order valence-corrected chi connectivity index (χ0v) is 16.7. The normalized spacial score (nSPS) is 11.7. The third kappa shape index (κ3) is 4.55. The fraction of sp³-hybridized carbons (Fsp3) is 0.158. The summed E-state index contributed by atoms with van der Waals surface area (Å²) >= 11 is 3.28. The van der Waals surface area contributed by atoms with Crippen LogP contribution in [-0.2, 0) is 4.79 Å². The fourth-order valence-electron chi connectivity index (χ4n) is 2.51. The maximum Gasteiger partial charge on any atom is 0.275 e. The van der Waals surface area contributed by atoms with Gasteiger partial charge in [0.25, 0.3) is 5.69 Å². The molecule has 1 N–H and O–H groups in total. The predicted octanol–water partition coefficient (Wildman–Crippen LogP) is 4.85. The van der Waals surface area contributed by atoms with Crippen molar-refractivity contribution >= 4 is 33.2 Å². The average Bonchev–Trinajstić information content (AvgIpc) is 3.09. The zero-order chi connectivity index (χ0) is 20.3. The van der Waals surface area contributed by atoms with E-state index >= 15 is 0 Å². The van der Waals surface area contributed by atoms with E-state index in [4.69, 9.17) is 4.74 Å². The number of nitro benzene ring substituents is 1. The maximum absolute atomic E-state index is 12.5. The third-order valence-electron chi connectivity index (χ3n) is 4.04. The Morgan fingerprint density at radius 2 is 2.07 bits per heavy atom. The van der Waals surface area contributed by atoms with Crippen molar-refractivity contribution in [1.82, 2.24) is 9.78 Å². The standard InChI is InChI=1S/C19H17BrN4O4/c1-12-5-3-4-6-18(12)28-17-8-15(7-16(9-17)24(26)27)22-19(25)13(2)23-11-14(20)10-21-23/h3-11,13H,1-2H3,(H,22,25). The van der Waals surface area contributed by atoms with Crippen LogP contribution in [0.4, 0.5) is 11.4 Å². The van der Waals surface area contributed by atoms with Crippen LogP contribution in [0.1, 0.15) is 18.5 Å². The second kappa shape index (κ2) is 8.22. The molecular weight excluding hydrogens is 428 g/mol. The van der Waals surface area contributed by atoms with Crippen LogP contribution in [0.25, 0.3) is 0 Å². The monoisotopic (exact) mass is 444 g/mol. The molecule has 3 aromatic rings. The Morgan fingerprint density at radius 1 is 1.32 bits per heavy atom. The number of nitrogens with one attached hydrogen (secondary N) is 1. The van der Waals surface area contributed by atoms with Gasteiger partial charge < -0.3 is 10.1 Å². The lowest BCUT2D eigenvalue weighted by molar-refractivity contribution is -0.384. The number of benzene rings is 2. The van der Waals surface area contributed by atoms with Gasteiger partial charge in [0.2, 0.25) is 5.91 Å². The summed E-state index contributed by atoms with van der Waals surface area (Å²) in [6.07, 6.45) is 3.25. The molecule has 1 unspecified atom stereocenters. The van der Waals surface area contributed by atoms with Crippen molar-refractivity contribution in [3.8, 4) is 11.5 Å². The highest BCUT2D eigenvalue weighted by Crippen LogP contribution is 2.31. The molecule has 0 radical (unpaired) electrons. The average molecular weight is 445 g/mol. The van der Waals surface area contributed by atoms with Gasteiger partial charge in [-0.1, -0.05) is 18.2 Å². The Morgan fingerprint density at radius 3 is 2.71 bits per heavy atom. The molecule has 0 spiro atoms. The van der Waals surface area contributed by atoms with E-state index in [-0.39, 0.29) is 23.0 Å². The lowest BCUT2D eigenvalue weighted by Gasteiger charge is -2.14. The summed E-state index contributed by atoms with van der Waals surface area (Å²) < 4.78 is 8.03. The summed E-state index contributed by atoms with van der Waals surface area (Å²) in [5, 5.41) is 18.1. The van der Waals surface area contributed by atoms with E-state index in [1.807, 2.05) is 25.1 Å². The Hall–Kier alpha value is -3.20. The molecular formula is C19H17BrN4O4. The first-order chi connectivity index (χ1) is 13.3. The highest BCUT2D eigenvalue weighted by atomic mass is 79.9. The van der Waals surface area contributed by atoms with Gasteiger partial charge in [0.05, 0.1) is 27.3 Å². The van der Waals surface area contributed by atoms with Gasteiger partial charge in [-0.2, -0.15) is 5.10 Å². The van der Waals surface area contributed by atoms with Crippen molar-refractivity contribution in [3.05, 3.63) is 75.0 Å². The van der Waals surface area contributed by atoms with Gasteiger partial charge in [0, 0.05) is 18.3 Å². The Kier molecular flexibility index (Phi) is 5.74. The van der Waals surface area contributed by atoms with Gasteiger partial charge in [-0.25, -0.2) is 0 Å². The number of nitro groups is 1. The fourth-order valence-corrected chi connectivity index (χ4v) is 2.81. The SMILES string of the molecule is Cc1ccccc1Oc1cc(NC(=O)C(C)n2cc(Br)cn2)cc([N+](=O)[O-])c1. The number of carbonyl (C=O) groups excluding carboxylic acids is 1. The molecule has 144 valence electrons. The van der Waals surface area contributed by atoms with Crippen molar-refractivity contribution in [3.63, 3.8) is 0 Å². The molecule has 0 saturated carbocycles. The zero-order valence-electron chi connectivity index (χ0n) is 15.1. The van der Waals surface area contributed by atoms with Gasteiger partial charge in [0.15, 0.2) is 0 Å². The molecule has 1 heterocycles. The highest BCUT2D eigenvalue weighted by Gasteiger charge is 2.18. The summed E-state index contributed by atoms with van der Waals surface area (Å²) in [5.41, 5.74) is 0.967. The van der Waals surface area contributed by atoms with Crippen molar-refractivity contribution in [2.45, 2.75) is 19.9 Å². The molecule has 3 rings (SSSR count). The van der Waals surface area contributed by atoms with Crippen LogP contribution in [0.3, 0.4) is 0 Å². The first kappa shape index (κ1) is 19.6. The number of rotatable bonds is 6. The largest absolute Gasteiger partial charge is 0.457 e. The summed E-state index contributed by atoms with van der Waals surface area (Å²) in [4.78, 5) is 23.3. The highest BCUT2D eigenvalue weighted by molar-refractivity contribution is 9.10. The van der Waals surface area contributed by atoms with E-state index < -0.39 is 11.0 Å². The molecule has 9 heteroatoms. The first-order valence-corrected chi connectivity index (χ1v) is 9.16. The van der Waals surface area contributed by atoms with Gasteiger partial charge in [-0.15, -0.1) is 0 Å². The molecule has 0 aliphatic heterocycles. The second-order valence-electron chi connectivity index (χ2n) is 6.14. The number of ether oxygens (including phenoxy) is 1. The number of hydrogen-bond acceptors (Lipinski definition) is 5. The third-order valence-corrected chi connectivity index (χ3v) is 4.45. The van der Waals surface area contributed by atoms with Gasteiger partial charge in [0.1, 0.15) is 17.5 Å². The summed E-state index contributed by atoms with van der Waals surface area (Å²) in [7, 11) is 0. The summed E-state index contributed by atoms with van der Waals surface area (Å²) in [6, 6.07) is 10.9. The molecule has 8 nitrogen and oxygen atoms in total. The number of nitrogens with zero attached hydrogens (tertiary/aromatic N) is 3. The number of halogens is 1. The molecule has 0 aliphatic carbocycles. The number of anilines is 1. The molecule has 0 aliphatic rings. The first-order valence-electron chi connectivity index (χ1n) is 8.37. The summed E-state index contributed by atoms with van der Waals surface area (Å²) in [6.45, 7) is 3.55. The van der Waals surface area contributed by atoms with Crippen molar-refractivity contribution < 1.29 is 14.5 Å². The Balaban J connectivity index is 1.86. The van der Waals surface area contributed by atoms with Crippen molar-refractivity contribution in [1.29, 1.82) is 0 Å². The molecule has 0 saturated heterocycles. The molecule has 0 fully saturated rings. The quantitative estimate of drug-likeness (QED) is 0.432. The number of para-hydroxylation sites is 1. The molecule has 28 heavy (non-hydrogen) atoms. The number of amides is 1. The lowest BCUT2D eigenvalue weighted by atomic mass is 10.2. The van der Waals surface area contributed by atoms with Gasteiger partial charge >= 0.3 is 0 Å². The van der Waals surface area contributed by atoms with E-state index in [0.717, 1.165) is 10.0 Å². The van der Waals surface area contributed by atoms with Crippen molar-refractivity contribution in [2.75, 3.05) is 5.32 Å². The van der Waals surface area contributed by atoms with Crippen LogP contribution in [0.5, 0.6) is 11.5 Å². The van der Waals surface area contributed by atoms with Crippen LogP contribution < -0.4 is 10.1 Å². The van der Waals surface area contributed by atoms with E-state index in [2.05, 4.69) is 26.3 Å². The number of non-ortho nitro benzene ring substituents is 1. The van der Waals surface area contributed by atoms with Crippen LogP contribution in [-0.4, -0.2) is 20.6 Å². The predicted molar refractivity (Wildman–Crippen MR) is 108 cm³/mol. The maximum atomic E-state index is 12.5. The van der Waals surface area contributed by atoms with E-state index in [9.17, 15) is 14.9 Å². The topological polar surface area (TPSA) is 99.3 Å².